The third-order valence-corrected chi connectivity index (χ3v) is 3.91. The summed E-state index contributed by atoms with van der Waals surface area (Å²) in [6.45, 7) is 6.26. The molecule has 1 aliphatic rings. The highest BCUT2D eigenvalue weighted by Gasteiger charge is 2.22. The zero-order valence-corrected chi connectivity index (χ0v) is 11.5. The van der Waals surface area contributed by atoms with Crippen LogP contribution in [0.4, 0.5) is 4.39 Å². The Morgan fingerprint density at radius 2 is 2.05 bits per heavy atom. The third-order valence-electron chi connectivity index (χ3n) is 3.91. The molecular weight excluding hydrogens is 241 g/mol. The number of benzene rings is 1. The summed E-state index contributed by atoms with van der Waals surface area (Å²) >= 11 is 0. The van der Waals surface area contributed by atoms with Crippen LogP contribution >= 0.6 is 0 Å². The van der Waals surface area contributed by atoms with Crippen LogP contribution in [0.3, 0.4) is 0 Å². The van der Waals surface area contributed by atoms with Crippen molar-refractivity contribution in [1.82, 2.24) is 15.1 Å². The number of aromatic nitrogens is 2. The van der Waals surface area contributed by atoms with E-state index in [2.05, 4.69) is 19.2 Å². The average Bonchev–Trinajstić information content (AvgIpc) is 2.78. The van der Waals surface area contributed by atoms with Crippen LogP contribution in [-0.4, -0.2) is 22.9 Å². The SMILES string of the molecule is CC(C)n1nc(C2CCNCC2)c2ccc(F)cc21. The molecular formula is C15H20FN3. The van der Waals surface area contributed by atoms with Crippen molar-refractivity contribution < 1.29 is 4.39 Å². The Morgan fingerprint density at radius 3 is 2.74 bits per heavy atom. The molecule has 3 nitrogen and oxygen atoms in total. The molecule has 4 heteroatoms. The number of fused-ring (bicyclic) bond motifs is 1. The number of hydrogen-bond acceptors (Lipinski definition) is 2. The predicted octanol–water partition coefficient (Wildman–Crippen LogP) is 3.22. The largest absolute Gasteiger partial charge is 0.317 e. The molecule has 0 saturated carbocycles. The van der Waals surface area contributed by atoms with E-state index in [0.717, 1.165) is 42.5 Å². The minimum atomic E-state index is -0.189. The molecule has 19 heavy (non-hydrogen) atoms. The summed E-state index contributed by atoms with van der Waals surface area (Å²) in [6, 6.07) is 5.28. The number of hydrogen-bond donors (Lipinski definition) is 1. The van der Waals surface area contributed by atoms with Crippen molar-refractivity contribution in [3.8, 4) is 0 Å². The predicted molar refractivity (Wildman–Crippen MR) is 74.9 cm³/mol. The molecule has 1 aliphatic heterocycles. The lowest BCUT2D eigenvalue weighted by atomic mass is 9.92. The van der Waals surface area contributed by atoms with E-state index < -0.39 is 0 Å². The molecule has 0 bridgehead atoms. The van der Waals surface area contributed by atoms with E-state index in [1.165, 1.54) is 0 Å². The van der Waals surface area contributed by atoms with E-state index in [4.69, 9.17) is 5.10 Å². The lowest BCUT2D eigenvalue weighted by Crippen LogP contribution is -2.27. The number of rotatable bonds is 2. The molecule has 1 saturated heterocycles. The summed E-state index contributed by atoms with van der Waals surface area (Å²) in [7, 11) is 0. The highest BCUT2D eigenvalue weighted by Crippen LogP contribution is 2.32. The minimum Gasteiger partial charge on any atom is -0.317 e. The number of halogens is 1. The fourth-order valence-corrected chi connectivity index (χ4v) is 2.93. The summed E-state index contributed by atoms with van der Waals surface area (Å²) in [4.78, 5) is 0. The van der Waals surface area contributed by atoms with Crippen molar-refractivity contribution >= 4 is 10.9 Å². The second-order valence-electron chi connectivity index (χ2n) is 5.61. The van der Waals surface area contributed by atoms with Crippen molar-refractivity contribution in [2.75, 3.05) is 13.1 Å². The second-order valence-corrected chi connectivity index (χ2v) is 5.61. The topological polar surface area (TPSA) is 29.9 Å². The summed E-state index contributed by atoms with van der Waals surface area (Å²) in [5, 5.41) is 9.27. The molecule has 0 spiro atoms. The third kappa shape index (κ3) is 2.25. The van der Waals surface area contributed by atoms with E-state index in [0.29, 0.717) is 5.92 Å². The highest BCUT2D eigenvalue weighted by atomic mass is 19.1. The molecule has 0 aliphatic carbocycles. The van der Waals surface area contributed by atoms with Gasteiger partial charge in [-0.1, -0.05) is 0 Å². The summed E-state index contributed by atoms with van der Waals surface area (Å²) in [5.74, 6) is 0.306. The first-order valence-corrected chi connectivity index (χ1v) is 7.05. The van der Waals surface area contributed by atoms with Gasteiger partial charge in [0.2, 0.25) is 0 Å². The van der Waals surface area contributed by atoms with E-state index >= 15 is 0 Å². The molecule has 2 aromatic rings. The van der Waals surface area contributed by atoms with Gasteiger partial charge in [0.25, 0.3) is 0 Å². The van der Waals surface area contributed by atoms with E-state index in [1.807, 2.05) is 10.7 Å². The summed E-state index contributed by atoms with van der Waals surface area (Å²) in [5.41, 5.74) is 2.06. The number of nitrogens with zero attached hydrogens (tertiary/aromatic N) is 2. The van der Waals surface area contributed by atoms with Gasteiger partial charge in [0.05, 0.1) is 11.2 Å². The van der Waals surface area contributed by atoms with Gasteiger partial charge in [0.15, 0.2) is 0 Å². The Bertz CT molecular complexity index is 582. The summed E-state index contributed by atoms with van der Waals surface area (Å²) in [6.07, 6.45) is 2.23. The number of piperidine rings is 1. The van der Waals surface area contributed by atoms with Gasteiger partial charge in [0.1, 0.15) is 5.82 Å². The van der Waals surface area contributed by atoms with Gasteiger partial charge < -0.3 is 5.32 Å². The van der Waals surface area contributed by atoms with Gasteiger partial charge in [-0.25, -0.2) is 4.39 Å². The fourth-order valence-electron chi connectivity index (χ4n) is 2.93. The van der Waals surface area contributed by atoms with E-state index in [1.54, 1.807) is 12.1 Å². The standard InChI is InChI=1S/C15H20FN3/c1-10(2)19-14-9-12(16)3-4-13(14)15(18-19)11-5-7-17-8-6-11/h3-4,9-11,17H,5-8H2,1-2H3. The van der Waals surface area contributed by atoms with Crippen molar-refractivity contribution in [2.24, 2.45) is 0 Å². The molecule has 102 valence electrons. The first kappa shape index (κ1) is 12.6. The molecule has 1 aromatic carbocycles. The number of nitrogens with one attached hydrogen (secondary N) is 1. The highest BCUT2D eigenvalue weighted by molar-refractivity contribution is 5.82. The van der Waals surface area contributed by atoms with Crippen molar-refractivity contribution in [2.45, 2.75) is 38.6 Å². The van der Waals surface area contributed by atoms with Gasteiger partial charge in [-0.15, -0.1) is 0 Å². The lowest BCUT2D eigenvalue weighted by molar-refractivity contribution is 0.444. The first-order chi connectivity index (χ1) is 9.16. The Labute approximate surface area is 112 Å². The smallest absolute Gasteiger partial charge is 0.125 e. The van der Waals surface area contributed by atoms with Crippen molar-refractivity contribution in [1.29, 1.82) is 0 Å². The molecule has 3 rings (SSSR count). The monoisotopic (exact) mass is 261 g/mol. The quantitative estimate of drug-likeness (QED) is 0.899. The van der Waals surface area contributed by atoms with Crippen LogP contribution in [0, 0.1) is 5.82 Å². The van der Waals surface area contributed by atoms with Gasteiger partial charge in [-0.3, -0.25) is 4.68 Å². The van der Waals surface area contributed by atoms with Crippen LogP contribution in [0.25, 0.3) is 10.9 Å². The Hall–Kier alpha value is -1.42. The van der Waals surface area contributed by atoms with Crippen LogP contribution in [-0.2, 0) is 0 Å². The van der Waals surface area contributed by atoms with Gasteiger partial charge in [0, 0.05) is 17.3 Å². The maximum absolute atomic E-state index is 13.5. The molecule has 1 fully saturated rings. The van der Waals surface area contributed by atoms with E-state index in [9.17, 15) is 4.39 Å². The molecule has 1 N–H and O–H groups in total. The fraction of sp³-hybridized carbons (Fsp3) is 0.533. The maximum atomic E-state index is 13.5. The van der Waals surface area contributed by atoms with Crippen molar-refractivity contribution in [3.05, 3.63) is 29.7 Å². The average molecular weight is 261 g/mol. The summed E-state index contributed by atoms with van der Waals surface area (Å²) < 4.78 is 15.4. The Morgan fingerprint density at radius 1 is 1.32 bits per heavy atom. The Balaban J connectivity index is 2.13. The molecule has 2 heterocycles. The van der Waals surface area contributed by atoms with Crippen LogP contribution in [0.15, 0.2) is 18.2 Å². The maximum Gasteiger partial charge on any atom is 0.125 e. The van der Waals surface area contributed by atoms with Crippen LogP contribution in [0.2, 0.25) is 0 Å². The molecule has 0 atom stereocenters. The van der Waals surface area contributed by atoms with Crippen molar-refractivity contribution in [3.63, 3.8) is 0 Å². The lowest BCUT2D eigenvalue weighted by Gasteiger charge is -2.21. The van der Waals surface area contributed by atoms with Gasteiger partial charge in [-0.2, -0.15) is 5.10 Å². The van der Waals surface area contributed by atoms with Crippen LogP contribution in [0.5, 0.6) is 0 Å². The molecule has 1 aromatic heterocycles. The second kappa shape index (κ2) is 4.93. The molecule has 0 radical (unpaired) electrons. The molecule has 0 amide bonds. The normalized spacial score (nSPS) is 17.5. The zero-order chi connectivity index (χ0) is 13.4. The van der Waals surface area contributed by atoms with Crippen LogP contribution < -0.4 is 5.32 Å². The van der Waals surface area contributed by atoms with Gasteiger partial charge >= 0.3 is 0 Å². The molecule has 0 unspecified atom stereocenters. The Kier molecular flexibility index (Phi) is 3.27. The van der Waals surface area contributed by atoms with Crippen LogP contribution in [0.1, 0.15) is 44.3 Å². The first-order valence-electron chi connectivity index (χ1n) is 7.05. The zero-order valence-electron chi connectivity index (χ0n) is 11.5. The van der Waals surface area contributed by atoms with E-state index in [-0.39, 0.29) is 11.9 Å². The van der Waals surface area contributed by atoms with Gasteiger partial charge in [-0.05, 0) is 58.0 Å². The minimum absolute atomic E-state index is 0.189.